The normalized spacial score (nSPS) is 11.9. The van der Waals surface area contributed by atoms with Gasteiger partial charge in [-0.15, -0.1) is 0 Å². The zero-order valence-electron chi connectivity index (χ0n) is 8.63. The Hall–Kier alpha value is -1.05. The molecule has 0 aliphatic heterocycles. The third-order valence-electron chi connectivity index (χ3n) is 2.18. The first-order valence-corrected chi connectivity index (χ1v) is 5.65. The van der Waals surface area contributed by atoms with Crippen molar-refractivity contribution in [2.24, 2.45) is 5.73 Å². The fourth-order valence-electron chi connectivity index (χ4n) is 1.15. The van der Waals surface area contributed by atoms with Crippen LogP contribution in [0.5, 0.6) is 0 Å². The number of nitrogens with zero attached hydrogens (tertiary/aromatic N) is 1. The zero-order chi connectivity index (χ0) is 11.3. The van der Waals surface area contributed by atoms with Gasteiger partial charge in [0.05, 0.1) is 11.3 Å². The second-order valence-corrected chi connectivity index (χ2v) is 4.27. The Labute approximate surface area is 98.4 Å². The molecule has 1 aromatic carbocycles. The van der Waals surface area contributed by atoms with Crippen LogP contribution in [0.4, 0.5) is 5.69 Å². The van der Waals surface area contributed by atoms with Gasteiger partial charge in [0.1, 0.15) is 6.07 Å². The summed E-state index contributed by atoms with van der Waals surface area (Å²) < 4.78 is 0.953. The van der Waals surface area contributed by atoms with Crippen molar-refractivity contribution in [1.82, 2.24) is 0 Å². The van der Waals surface area contributed by atoms with Crippen LogP contribution in [0.2, 0.25) is 0 Å². The third-order valence-corrected chi connectivity index (χ3v) is 2.67. The maximum Gasteiger partial charge on any atom is 0.101 e. The fraction of sp³-hybridized carbons (Fsp3) is 0.364. The summed E-state index contributed by atoms with van der Waals surface area (Å²) >= 11 is 3.37. The molecule has 0 radical (unpaired) electrons. The lowest BCUT2D eigenvalue weighted by Crippen LogP contribution is -2.28. The Bertz CT molecular complexity index is 371. The van der Waals surface area contributed by atoms with E-state index in [9.17, 15) is 0 Å². The van der Waals surface area contributed by atoms with Gasteiger partial charge in [-0.1, -0.05) is 22.9 Å². The first-order valence-electron chi connectivity index (χ1n) is 4.86. The average molecular weight is 268 g/mol. The zero-order valence-corrected chi connectivity index (χ0v) is 10.2. The molecule has 0 heterocycles. The molecule has 1 rings (SSSR count). The van der Waals surface area contributed by atoms with E-state index in [1.165, 1.54) is 0 Å². The average Bonchev–Trinajstić information content (AvgIpc) is 2.26. The molecule has 0 aromatic heterocycles. The van der Waals surface area contributed by atoms with Crippen LogP contribution in [-0.4, -0.2) is 12.6 Å². The monoisotopic (exact) mass is 267 g/mol. The molecule has 1 aromatic rings. The Kier molecular flexibility index (Phi) is 4.60. The van der Waals surface area contributed by atoms with Gasteiger partial charge >= 0.3 is 0 Å². The Morgan fingerprint density at radius 2 is 2.33 bits per heavy atom. The maximum atomic E-state index is 8.90. The molecule has 0 spiro atoms. The van der Waals surface area contributed by atoms with Crippen LogP contribution in [0.1, 0.15) is 18.9 Å². The molecule has 0 saturated carbocycles. The maximum absolute atomic E-state index is 8.90. The summed E-state index contributed by atoms with van der Waals surface area (Å²) in [6.07, 6.45) is 0.920. The molecule has 3 N–H and O–H groups in total. The molecule has 1 atom stereocenters. The van der Waals surface area contributed by atoms with Crippen molar-refractivity contribution < 1.29 is 0 Å². The summed E-state index contributed by atoms with van der Waals surface area (Å²) in [7, 11) is 0. The SMILES string of the molecule is CCC(N)CNc1cc(Br)ccc1C#N. The molecular weight excluding hydrogens is 254 g/mol. The molecular formula is C11H14BrN3. The first kappa shape index (κ1) is 12.0. The standard InChI is InChI=1S/C11H14BrN3/c1-2-10(14)7-15-11-5-9(12)4-3-8(11)6-13/h3-5,10,15H,2,7,14H2,1H3. The fourth-order valence-corrected chi connectivity index (χ4v) is 1.51. The summed E-state index contributed by atoms with van der Waals surface area (Å²) in [5.74, 6) is 0. The van der Waals surface area contributed by atoms with E-state index in [0.717, 1.165) is 16.6 Å². The molecule has 3 nitrogen and oxygen atoms in total. The predicted molar refractivity (Wildman–Crippen MR) is 65.6 cm³/mol. The van der Waals surface area contributed by atoms with Gasteiger partial charge in [-0.3, -0.25) is 0 Å². The summed E-state index contributed by atoms with van der Waals surface area (Å²) in [5, 5.41) is 12.1. The van der Waals surface area contributed by atoms with Crippen molar-refractivity contribution in [3.05, 3.63) is 28.2 Å². The van der Waals surface area contributed by atoms with Crippen LogP contribution in [0.3, 0.4) is 0 Å². The van der Waals surface area contributed by atoms with Crippen molar-refractivity contribution in [2.75, 3.05) is 11.9 Å². The minimum Gasteiger partial charge on any atom is -0.382 e. The lowest BCUT2D eigenvalue weighted by molar-refractivity contribution is 0.679. The Morgan fingerprint density at radius 3 is 2.93 bits per heavy atom. The highest BCUT2D eigenvalue weighted by Gasteiger charge is 2.04. The van der Waals surface area contributed by atoms with Gasteiger partial charge in [-0.25, -0.2) is 0 Å². The van der Waals surface area contributed by atoms with E-state index in [-0.39, 0.29) is 6.04 Å². The topological polar surface area (TPSA) is 61.8 Å². The number of nitrogens with one attached hydrogen (secondary N) is 1. The summed E-state index contributed by atoms with van der Waals surface area (Å²) in [6, 6.07) is 7.78. The lowest BCUT2D eigenvalue weighted by atomic mass is 10.2. The number of nitrogens with two attached hydrogens (primary N) is 1. The van der Waals surface area contributed by atoms with E-state index in [1.54, 1.807) is 6.07 Å². The number of hydrogen-bond donors (Lipinski definition) is 2. The van der Waals surface area contributed by atoms with Gasteiger partial charge in [-0.2, -0.15) is 5.26 Å². The lowest BCUT2D eigenvalue weighted by Gasteiger charge is -2.12. The third kappa shape index (κ3) is 3.54. The van der Waals surface area contributed by atoms with Crippen LogP contribution in [0.25, 0.3) is 0 Å². The van der Waals surface area contributed by atoms with Crippen molar-refractivity contribution in [1.29, 1.82) is 5.26 Å². The van der Waals surface area contributed by atoms with E-state index in [0.29, 0.717) is 12.1 Å². The predicted octanol–water partition coefficient (Wildman–Crippen LogP) is 2.47. The molecule has 0 saturated heterocycles. The van der Waals surface area contributed by atoms with E-state index >= 15 is 0 Å². The van der Waals surface area contributed by atoms with Gasteiger partial charge in [0.15, 0.2) is 0 Å². The molecule has 80 valence electrons. The number of anilines is 1. The molecule has 1 unspecified atom stereocenters. The second kappa shape index (κ2) is 5.74. The number of halogens is 1. The van der Waals surface area contributed by atoms with E-state index in [1.807, 2.05) is 19.1 Å². The van der Waals surface area contributed by atoms with E-state index in [4.69, 9.17) is 11.0 Å². The quantitative estimate of drug-likeness (QED) is 0.881. The molecule has 0 bridgehead atoms. The first-order chi connectivity index (χ1) is 7.17. The second-order valence-electron chi connectivity index (χ2n) is 3.35. The van der Waals surface area contributed by atoms with Gasteiger partial charge in [0.25, 0.3) is 0 Å². The van der Waals surface area contributed by atoms with E-state index in [2.05, 4.69) is 27.3 Å². The van der Waals surface area contributed by atoms with Crippen LogP contribution < -0.4 is 11.1 Å². The molecule has 4 heteroatoms. The summed E-state index contributed by atoms with van der Waals surface area (Å²) in [4.78, 5) is 0. The largest absolute Gasteiger partial charge is 0.382 e. The number of rotatable bonds is 4. The van der Waals surface area contributed by atoms with Gasteiger partial charge in [-0.05, 0) is 24.6 Å². The number of nitriles is 1. The van der Waals surface area contributed by atoms with Crippen molar-refractivity contribution >= 4 is 21.6 Å². The minimum absolute atomic E-state index is 0.121. The number of hydrogen-bond acceptors (Lipinski definition) is 3. The molecule has 0 amide bonds. The molecule has 0 aliphatic carbocycles. The highest BCUT2D eigenvalue weighted by atomic mass is 79.9. The van der Waals surface area contributed by atoms with Gasteiger partial charge in [0.2, 0.25) is 0 Å². The van der Waals surface area contributed by atoms with Crippen LogP contribution in [0, 0.1) is 11.3 Å². The molecule has 0 aliphatic rings. The van der Waals surface area contributed by atoms with Crippen LogP contribution >= 0.6 is 15.9 Å². The summed E-state index contributed by atoms with van der Waals surface area (Å²) in [5.41, 5.74) is 7.26. The van der Waals surface area contributed by atoms with Crippen LogP contribution in [-0.2, 0) is 0 Å². The summed E-state index contributed by atoms with van der Waals surface area (Å²) in [6.45, 7) is 2.72. The van der Waals surface area contributed by atoms with Crippen molar-refractivity contribution in [2.45, 2.75) is 19.4 Å². The minimum atomic E-state index is 0.121. The Morgan fingerprint density at radius 1 is 1.60 bits per heavy atom. The smallest absolute Gasteiger partial charge is 0.101 e. The molecule has 0 fully saturated rings. The highest BCUT2D eigenvalue weighted by molar-refractivity contribution is 9.10. The Balaban J connectivity index is 2.75. The molecule has 15 heavy (non-hydrogen) atoms. The van der Waals surface area contributed by atoms with Crippen LogP contribution in [0.15, 0.2) is 22.7 Å². The van der Waals surface area contributed by atoms with E-state index < -0.39 is 0 Å². The van der Waals surface area contributed by atoms with Gasteiger partial charge < -0.3 is 11.1 Å². The van der Waals surface area contributed by atoms with Crippen molar-refractivity contribution in [3.8, 4) is 6.07 Å². The van der Waals surface area contributed by atoms with Crippen molar-refractivity contribution in [3.63, 3.8) is 0 Å². The number of benzene rings is 1. The highest BCUT2D eigenvalue weighted by Crippen LogP contribution is 2.20. The van der Waals surface area contributed by atoms with Gasteiger partial charge in [0, 0.05) is 17.1 Å².